The minimum absolute atomic E-state index is 0.827. The molecule has 1 heterocycles. The van der Waals surface area contributed by atoms with E-state index in [1.165, 1.54) is 38.4 Å². The summed E-state index contributed by atoms with van der Waals surface area (Å²) in [7, 11) is 0. The van der Waals surface area contributed by atoms with Gasteiger partial charge < -0.3 is 14.5 Å². The van der Waals surface area contributed by atoms with Gasteiger partial charge in [-0.3, -0.25) is 0 Å². The Hall–Kier alpha value is -8.40. The predicted molar refractivity (Wildman–Crippen MR) is 265 cm³/mol. The number of ether oxygens (including phenoxy) is 1. The van der Waals surface area contributed by atoms with Gasteiger partial charge >= 0.3 is 0 Å². The number of hydrogen-bond acceptors (Lipinski definition) is 3. The molecule has 63 heavy (non-hydrogen) atoms. The molecule has 296 valence electrons. The molecule has 0 saturated heterocycles. The maximum atomic E-state index is 7.23. The van der Waals surface area contributed by atoms with Crippen molar-refractivity contribution in [3.05, 3.63) is 243 Å². The van der Waals surface area contributed by atoms with Gasteiger partial charge in [0.2, 0.25) is 0 Å². The fraction of sp³-hybridized carbons (Fsp3) is 0. The molecule has 0 radical (unpaired) electrons. The zero-order valence-corrected chi connectivity index (χ0v) is 34.4. The Morgan fingerprint density at radius 2 is 0.683 bits per heavy atom. The molecule has 1 aliphatic rings. The van der Waals surface area contributed by atoms with E-state index in [-0.39, 0.29) is 0 Å². The van der Waals surface area contributed by atoms with Crippen molar-refractivity contribution in [2.75, 3.05) is 9.80 Å². The van der Waals surface area contributed by atoms with Crippen molar-refractivity contribution in [3.63, 3.8) is 0 Å². The minimum atomic E-state index is 0.827. The van der Waals surface area contributed by atoms with E-state index in [0.29, 0.717) is 0 Å². The van der Waals surface area contributed by atoms with Crippen molar-refractivity contribution < 1.29 is 4.74 Å². The third kappa shape index (κ3) is 6.29. The van der Waals surface area contributed by atoms with E-state index in [9.17, 15) is 0 Å². The summed E-state index contributed by atoms with van der Waals surface area (Å²) in [6, 6.07) is 86.9. The Labute approximate surface area is 367 Å². The summed E-state index contributed by atoms with van der Waals surface area (Å²) in [5.41, 5.74) is 13.3. The third-order valence-electron chi connectivity index (χ3n) is 12.4. The van der Waals surface area contributed by atoms with Gasteiger partial charge in [0.25, 0.3) is 0 Å². The summed E-state index contributed by atoms with van der Waals surface area (Å²) in [6.45, 7) is 0. The first kappa shape index (κ1) is 36.5. The molecule has 0 unspecified atom stereocenters. The molecule has 0 saturated carbocycles. The van der Waals surface area contributed by atoms with Gasteiger partial charge in [0.1, 0.15) is 5.75 Å². The average Bonchev–Trinajstić information content (AvgIpc) is 3.36. The molecule has 0 spiro atoms. The van der Waals surface area contributed by atoms with Gasteiger partial charge in [0.05, 0.1) is 22.7 Å². The molecule has 0 atom stereocenters. The van der Waals surface area contributed by atoms with Crippen molar-refractivity contribution in [2.45, 2.75) is 0 Å². The first-order valence-electron chi connectivity index (χ1n) is 21.5. The van der Waals surface area contributed by atoms with Crippen LogP contribution in [0.1, 0.15) is 0 Å². The number of hydrogen-bond donors (Lipinski definition) is 0. The fourth-order valence-electron chi connectivity index (χ4n) is 9.48. The molecular formula is C60H40N2O. The maximum Gasteiger partial charge on any atom is 0.159 e. The normalized spacial score (nSPS) is 11.6. The summed E-state index contributed by atoms with van der Waals surface area (Å²) in [5.74, 6) is 1.66. The van der Waals surface area contributed by atoms with E-state index < -0.39 is 0 Å². The lowest BCUT2D eigenvalue weighted by Gasteiger charge is -2.33. The smallest absolute Gasteiger partial charge is 0.159 e. The van der Waals surface area contributed by atoms with Crippen molar-refractivity contribution in [2.24, 2.45) is 0 Å². The molecular weight excluding hydrogens is 765 g/mol. The zero-order chi connectivity index (χ0) is 41.7. The summed E-state index contributed by atoms with van der Waals surface area (Å²) < 4.78 is 7.23. The second-order valence-electron chi connectivity index (χ2n) is 16.1. The van der Waals surface area contributed by atoms with Gasteiger partial charge in [-0.1, -0.05) is 188 Å². The van der Waals surface area contributed by atoms with Crippen LogP contribution in [0.4, 0.5) is 34.1 Å². The second kappa shape index (κ2) is 15.3. The highest BCUT2D eigenvalue weighted by atomic mass is 16.5. The summed E-state index contributed by atoms with van der Waals surface area (Å²) >= 11 is 0. The lowest BCUT2D eigenvalue weighted by atomic mass is 9.92. The largest absolute Gasteiger partial charge is 0.454 e. The maximum absolute atomic E-state index is 7.23. The van der Waals surface area contributed by atoms with Gasteiger partial charge in [-0.25, -0.2) is 0 Å². The van der Waals surface area contributed by atoms with Crippen molar-refractivity contribution in [1.82, 2.24) is 0 Å². The van der Waals surface area contributed by atoms with E-state index in [1.807, 2.05) is 0 Å². The third-order valence-corrected chi connectivity index (χ3v) is 12.4. The average molecular weight is 805 g/mol. The molecule has 0 bridgehead atoms. The Bertz CT molecular complexity index is 3460. The summed E-state index contributed by atoms with van der Waals surface area (Å²) in [5, 5.41) is 6.93. The molecule has 0 aromatic heterocycles. The molecule has 12 rings (SSSR count). The molecule has 1 aliphatic heterocycles. The van der Waals surface area contributed by atoms with Gasteiger partial charge in [0.15, 0.2) is 5.75 Å². The van der Waals surface area contributed by atoms with Crippen LogP contribution in [0, 0.1) is 0 Å². The number of rotatable bonds is 8. The molecule has 0 amide bonds. The topological polar surface area (TPSA) is 15.7 Å². The van der Waals surface area contributed by atoms with Crippen LogP contribution in [-0.4, -0.2) is 0 Å². The van der Waals surface area contributed by atoms with Crippen molar-refractivity contribution in [1.29, 1.82) is 0 Å². The highest BCUT2D eigenvalue weighted by Crippen LogP contribution is 2.55. The quantitative estimate of drug-likeness (QED) is 0.152. The predicted octanol–water partition coefficient (Wildman–Crippen LogP) is 17.2. The standard InChI is InChI=1S/C60H40N2O/c1-3-15-41(16-4-1)43-31-35-47(36-32-43)61(54-28-11-21-45-19-7-9-23-49(45)54)56-39-40-58-59-51(25-13-27-53(56)59)52-26-14-30-57(60(52)63-58)62(55-29-12-22-46-20-8-10-24-50(46)55)48-37-33-44(34-38-48)42-17-5-2-6-18-42/h1-40H. The number of benzene rings is 11. The SMILES string of the molecule is c1ccc(-c2ccc(N(c3cccc4c3Oc3ccc(N(c5ccc(-c6ccccc6)cc5)c5cccc6ccccc56)c5cccc-4c35)c3cccc4ccccc34)cc2)cc1. The van der Waals surface area contributed by atoms with Crippen LogP contribution in [0.3, 0.4) is 0 Å². The molecule has 0 N–H and O–H groups in total. The van der Waals surface area contributed by atoms with Gasteiger partial charge in [-0.15, -0.1) is 0 Å². The van der Waals surface area contributed by atoms with E-state index >= 15 is 0 Å². The van der Waals surface area contributed by atoms with Crippen LogP contribution in [0.5, 0.6) is 11.5 Å². The number of nitrogens with zero attached hydrogens (tertiary/aromatic N) is 2. The first-order chi connectivity index (χ1) is 31.3. The van der Waals surface area contributed by atoms with Crippen LogP contribution in [0.25, 0.3) is 65.7 Å². The van der Waals surface area contributed by atoms with Gasteiger partial charge in [-0.05, 0) is 93.2 Å². The van der Waals surface area contributed by atoms with E-state index in [4.69, 9.17) is 4.74 Å². The minimum Gasteiger partial charge on any atom is -0.454 e. The lowest BCUT2D eigenvalue weighted by Crippen LogP contribution is -2.14. The van der Waals surface area contributed by atoms with E-state index in [2.05, 4.69) is 252 Å². The zero-order valence-electron chi connectivity index (χ0n) is 34.4. The fourth-order valence-corrected chi connectivity index (χ4v) is 9.48. The van der Waals surface area contributed by atoms with E-state index in [1.54, 1.807) is 0 Å². The van der Waals surface area contributed by atoms with Gasteiger partial charge in [0, 0.05) is 38.5 Å². The molecule has 3 heteroatoms. The Morgan fingerprint density at radius 1 is 0.270 bits per heavy atom. The highest BCUT2D eigenvalue weighted by molar-refractivity contribution is 6.13. The molecule has 0 fully saturated rings. The molecule has 3 nitrogen and oxygen atoms in total. The van der Waals surface area contributed by atoms with Crippen LogP contribution in [0.15, 0.2) is 243 Å². The Morgan fingerprint density at radius 3 is 1.27 bits per heavy atom. The van der Waals surface area contributed by atoms with Crippen LogP contribution in [-0.2, 0) is 0 Å². The monoisotopic (exact) mass is 804 g/mol. The highest BCUT2D eigenvalue weighted by Gasteiger charge is 2.29. The second-order valence-corrected chi connectivity index (χ2v) is 16.1. The van der Waals surface area contributed by atoms with Crippen LogP contribution >= 0.6 is 0 Å². The summed E-state index contributed by atoms with van der Waals surface area (Å²) in [4.78, 5) is 4.77. The lowest BCUT2D eigenvalue weighted by molar-refractivity contribution is 0.488. The van der Waals surface area contributed by atoms with Crippen LogP contribution in [0.2, 0.25) is 0 Å². The molecule has 0 aliphatic carbocycles. The number of para-hydroxylation sites is 1. The molecule has 11 aromatic rings. The molecule has 11 aromatic carbocycles. The first-order valence-corrected chi connectivity index (χ1v) is 21.5. The van der Waals surface area contributed by atoms with Crippen LogP contribution < -0.4 is 14.5 Å². The Kier molecular flexibility index (Phi) is 8.83. The number of fused-ring (bicyclic) bond motifs is 4. The number of anilines is 6. The summed E-state index contributed by atoms with van der Waals surface area (Å²) in [6.07, 6.45) is 0. The van der Waals surface area contributed by atoms with Crippen molar-refractivity contribution >= 4 is 66.4 Å². The van der Waals surface area contributed by atoms with Gasteiger partial charge in [-0.2, -0.15) is 0 Å². The van der Waals surface area contributed by atoms with E-state index in [0.717, 1.165) is 72.9 Å². The van der Waals surface area contributed by atoms with Crippen molar-refractivity contribution in [3.8, 4) is 44.9 Å². The Balaban J connectivity index is 1.03.